The minimum Gasteiger partial charge on any atom is -0.258 e. The van der Waals surface area contributed by atoms with E-state index < -0.39 is 28.0 Å². The van der Waals surface area contributed by atoms with E-state index in [2.05, 4.69) is 4.85 Å². The summed E-state index contributed by atoms with van der Waals surface area (Å²) in [5, 5.41) is 19.9. The van der Waals surface area contributed by atoms with Crippen LogP contribution in [0.2, 0.25) is 0 Å². The van der Waals surface area contributed by atoms with Crippen LogP contribution >= 0.6 is 0 Å². The Kier molecular flexibility index (Phi) is 4.02. The highest BCUT2D eigenvalue weighted by molar-refractivity contribution is 5.77. The number of nitro benzene ring substituents is 1. The quantitative estimate of drug-likeness (QED) is 0.458. The third-order valence-electron chi connectivity index (χ3n) is 3.06. The Balaban J connectivity index is 2.72. The topological polar surface area (TPSA) is 71.3 Å². The van der Waals surface area contributed by atoms with Crippen molar-refractivity contribution in [1.82, 2.24) is 0 Å². The molecular formula is C15H6F3N3O2. The van der Waals surface area contributed by atoms with Crippen molar-refractivity contribution in [2.45, 2.75) is 6.18 Å². The average Bonchev–Trinajstić information content (AvgIpc) is 2.52. The molecule has 2 rings (SSSR count). The predicted octanol–water partition coefficient (Wildman–Crippen LogP) is 4.70. The number of benzene rings is 2. The van der Waals surface area contributed by atoms with Crippen LogP contribution in [0.4, 0.5) is 24.5 Å². The molecule has 0 atom stereocenters. The van der Waals surface area contributed by atoms with Gasteiger partial charge in [0.25, 0.3) is 5.69 Å². The van der Waals surface area contributed by atoms with E-state index in [-0.39, 0.29) is 16.7 Å². The van der Waals surface area contributed by atoms with Crippen LogP contribution in [0.3, 0.4) is 0 Å². The van der Waals surface area contributed by atoms with Gasteiger partial charge in [-0.25, -0.2) is 4.85 Å². The lowest BCUT2D eigenvalue weighted by atomic mass is 9.99. The Labute approximate surface area is 128 Å². The normalized spacial score (nSPS) is 10.7. The molecule has 0 N–H and O–H groups in total. The third-order valence-corrected chi connectivity index (χ3v) is 3.06. The molecule has 0 aliphatic heterocycles. The van der Waals surface area contributed by atoms with E-state index in [1.165, 1.54) is 18.2 Å². The van der Waals surface area contributed by atoms with Gasteiger partial charge in [0.2, 0.25) is 0 Å². The number of rotatable bonds is 2. The summed E-state index contributed by atoms with van der Waals surface area (Å²) >= 11 is 0. The van der Waals surface area contributed by atoms with Crippen LogP contribution in [0.25, 0.3) is 16.0 Å². The second-order valence-electron chi connectivity index (χ2n) is 4.44. The van der Waals surface area contributed by atoms with Crippen LogP contribution in [-0.4, -0.2) is 4.92 Å². The molecule has 0 amide bonds. The second-order valence-corrected chi connectivity index (χ2v) is 4.44. The average molecular weight is 317 g/mol. The number of hydrogen-bond donors (Lipinski definition) is 0. The highest BCUT2D eigenvalue weighted by atomic mass is 19.4. The van der Waals surface area contributed by atoms with Crippen LogP contribution in [0.1, 0.15) is 11.1 Å². The first-order chi connectivity index (χ1) is 10.8. The minimum absolute atomic E-state index is 0.0225. The minimum atomic E-state index is -4.75. The fourth-order valence-corrected chi connectivity index (χ4v) is 2.02. The van der Waals surface area contributed by atoms with Crippen molar-refractivity contribution in [1.29, 1.82) is 5.26 Å². The monoisotopic (exact) mass is 317 g/mol. The molecule has 0 radical (unpaired) electrons. The van der Waals surface area contributed by atoms with Gasteiger partial charge in [-0.3, -0.25) is 10.1 Å². The van der Waals surface area contributed by atoms with Gasteiger partial charge < -0.3 is 0 Å². The molecule has 0 saturated carbocycles. The van der Waals surface area contributed by atoms with Crippen molar-refractivity contribution in [3.8, 4) is 17.2 Å². The number of nitriles is 1. The van der Waals surface area contributed by atoms with Gasteiger partial charge in [-0.2, -0.15) is 18.4 Å². The molecule has 114 valence electrons. The first kappa shape index (κ1) is 16.0. The van der Waals surface area contributed by atoms with E-state index in [9.17, 15) is 23.3 Å². The zero-order valence-electron chi connectivity index (χ0n) is 11.3. The molecule has 0 aromatic heterocycles. The summed E-state index contributed by atoms with van der Waals surface area (Å²) in [5.74, 6) is 0. The molecule has 0 spiro atoms. The SMILES string of the molecule is [C-]#[N+]c1ccc(-c2ccc(C#N)cc2[N+](=O)[O-])cc1C(F)(F)F. The van der Waals surface area contributed by atoms with Crippen molar-refractivity contribution in [3.63, 3.8) is 0 Å². The predicted molar refractivity (Wildman–Crippen MR) is 74.5 cm³/mol. The number of halogens is 3. The lowest BCUT2D eigenvalue weighted by Crippen LogP contribution is -2.05. The molecule has 0 heterocycles. The van der Waals surface area contributed by atoms with Gasteiger partial charge in [0, 0.05) is 6.07 Å². The van der Waals surface area contributed by atoms with E-state index >= 15 is 0 Å². The van der Waals surface area contributed by atoms with Gasteiger partial charge in [0.1, 0.15) is 0 Å². The van der Waals surface area contributed by atoms with Crippen molar-refractivity contribution in [2.24, 2.45) is 0 Å². The summed E-state index contributed by atoms with van der Waals surface area (Å²) in [5.41, 5.74) is -2.32. The van der Waals surface area contributed by atoms with Crippen LogP contribution in [-0.2, 0) is 6.18 Å². The highest BCUT2D eigenvalue weighted by Gasteiger charge is 2.34. The molecule has 23 heavy (non-hydrogen) atoms. The maximum atomic E-state index is 13.0. The smallest absolute Gasteiger partial charge is 0.258 e. The number of hydrogen-bond acceptors (Lipinski definition) is 3. The molecule has 2 aromatic carbocycles. The summed E-state index contributed by atoms with van der Waals surface area (Å²) in [4.78, 5) is 13.1. The van der Waals surface area contributed by atoms with Crippen LogP contribution < -0.4 is 0 Å². The van der Waals surface area contributed by atoms with E-state index in [1.54, 1.807) is 6.07 Å². The Hall–Kier alpha value is -3.39. The van der Waals surface area contributed by atoms with Crippen molar-refractivity contribution < 1.29 is 18.1 Å². The lowest BCUT2D eigenvalue weighted by molar-refractivity contribution is -0.384. The summed E-state index contributed by atoms with van der Waals surface area (Å²) in [7, 11) is 0. The fraction of sp³-hybridized carbons (Fsp3) is 0.0667. The summed E-state index contributed by atoms with van der Waals surface area (Å²) in [6, 6.07) is 8.08. The highest BCUT2D eigenvalue weighted by Crippen LogP contribution is 2.40. The Morgan fingerprint density at radius 3 is 2.43 bits per heavy atom. The van der Waals surface area contributed by atoms with E-state index in [0.717, 1.165) is 12.1 Å². The van der Waals surface area contributed by atoms with Gasteiger partial charge >= 0.3 is 6.18 Å². The van der Waals surface area contributed by atoms with E-state index in [4.69, 9.17) is 11.8 Å². The molecule has 0 bridgehead atoms. The largest absolute Gasteiger partial charge is 0.407 e. The summed E-state index contributed by atoms with van der Waals surface area (Å²) in [6.07, 6.45) is -4.75. The second kappa shape index (κ2) is 5.78. The van der Waals surface area contributed by atoms with Gasteiger partial charge in [0.05, 0.1) is 34.3 Å². The molecule has 0 saturated heterocycles. The van der Waals surface area contributed by atoms with Crippen LogP contribution in [0.15, 0.2) is 36.4 Å². The number of nitrogens with zero attached hydrogens (tertiary/aromatic N) is 3. The maximum Gasteiger partial charge on any atom is 0.407 e. The number of alkyl halides is 3. The molecule has 0 aliphatic rings. The molecule has 0 fully saturated rings. The standard InChI is InChI=1S/C15H6F3N3O2/c1-20-13-5-3-10(7-12(13)15(16,17)18)11-4-2-9(8-19)6-14(11)21(22)23/h2-7H. The van der Waals surface area contributed by atoms with Crippen molar-refractivity contribution in [2.75, 3.05) is 0 Å². The lowest BCUT2D eigenvalue weighted by Gasteiger charge is -2.11. The van der Waals surface area contributed by atoms with E-state index in [1.807, 2.05) is 0 Å². The molecule has 0 unspecified atom stereocenters. The molecule has 5 nitrogen and oxygen atoms in total. The number of nitro groups is 1. The van der Waals surface area contributed by atoms with Crippen LogP contribution in [0, 0.1) is 28.0 Å². The Morgan fingerprint density at radius 1 is 1.22 bits per heavy atom. The molecular weight excluding hydrogens is 311 g/mol. The van der Waals surface area contributed by atoms with E-state index in [0.29, 0.717) is 6.07 Å². The zero-order chi connectivity index (χ0) is 17.2. The first-order valence-corrected chi connectivity index (χ1v) is 6.05. The summed E-state index contributed by atoms with van der Waals surface area (Å²) in [6.45, 7) is 6.78. The van der Waals surface area contributed by atoms with Gasteiger partial charge in [0.15, 0.2) is 5.69 Å². The van der Waals surface area contributed by atoms with Crippen molar-refractivity contribution in [3.05, 3.63) is 69.1 Å². The van der Waals surface area contributed by atoms with Gasteiger partial charge in [-0.05, 0) is 17.7 Å². The molecule has 2 aromatic rings. The molecule has 0 aliphatic carbocycles. The maximum absolute atomic E-state index is 13.0. The Morgan fingerprint density at radius 2 is 1.91 bits per heavy atom. The first-order valence-electron chi connectivity index (χ1n) is 6.05. The summed E-state index contributed by atoms with van der Waals surface area (Å²) < 4.78 is 39.0. The van der Waals surface area contributed by atoms with Crippen LogP contribution in [0.5, 0.6) is 0 Å². The van der Waals surface area contributed by atoms with Crippen molar-refractivity contribution >= 4 is 11.4 Å². The van der Waals surface area contributed by atoms with Gasteiger partial charge in [-0.1, -0.05) is 18.2 Å². The molecule has 8 heteroatoms. The fourth-order valence-electron chi connectivity index (χ4n) is 2.02. The Bertz CT molecular complexity index is 877. The zero-order valence-corrected chi connectivity index (χ0v) is 11.3. The van der Waals surface area contributed by atoms with Gasteiger partial charge in [-0.15, -0.1) is 0 Å². The third kappa shape index (κ3) is 3.11.